The predicted molar refractivity (Wildman–Crippen MR) is 78.5 cm³/mol. The molecule has 0 heterocycles. The summed E-state index contributed by atoms with van der Waals surface area (Å²) in [6.07, 6.45) is 0.968. The van der Waals surface area contributed by atoms with Gasteiger partial charge in [-0.3, -0.25) is 0 Å². The van der Waals surface area contributed by atoms with Crippen molar-refractivity contribution in [2.45, 2.75) is 26.3 Å². The van der Waals surface area contributed by atoms with Crippen LogP contribution in [0, 0.1) is 17.5 Å². The van der Waals surface area contributed by atoms with Crippen LogP contribution >= 0.6 is 0 Å². The molecule has 0 aliphatic carbocycles. The summed E-state index contributed by atoms with van der Waals surface area (Å²) in [5, 5.41) is 3.30. The maximum Gasteiger partial charge on any atom is 0.126 e. The fraction of sp³-hybridized carbons (Fsp3) is 0.294. The molecule has 0 aromatic heterocycles. The van der Waals surface area contributed by atoms with Crippen LogP contribution in [-0.2, 0) is 0 Å². The van der Waals surface area contributed by atoms with Gasteiger partial charge in [-0.2, -0.15) is 0 Å². The van der Waals surface area contributed by atoms with E-state index in [2.05, 4.69) is 5.32 Å². The largest absolute Gasteiger partial charge is 0.310 e. The van der Waals surface area contributed by atoms with Gasteiger partial charge >= 0.3 is 0 Å². The third-order valence-corrected chi connectivity index (χ3v) is 3.36. The van der Waals surface area contributed by atoms with Crippen LogP contribution in [0.2, 0.25) is 0 Å². The van der Waals surface area contributed by atoms with Crippen LogP contribution in [0.4, 0.5) is 13.2 Å². The van der Waals surface area contributed by atoms with Crippen LogP contribution in [0.1, 0.15) is 31.9 Å². The number of hydrogen-bond donors (Lipinski definition) is 1. The Morgan fingerprint density at radius 3 is 2.24 bits per heavy atom. The minimum absolute atomic E-state index is 0.0353. The van der Waals surface area contributed by atoms with Gasteiger partial charge in [0.05, 0.1) is 0 Å². The molecule has 2 aromatic rings. The summed E-state index contributed by atoms with van der Waals surface area (Å²) in [6.45, 7) is 4.81. The van der Waals surface area contributed by atoms with E-state index in [4.69, 9.17) is 0 Å². The van der Waals surface area contributed by atoms with E-state index in [1.165, 1.54) is 24.3 Å². The van der Waals surface area contributed by atoms with Gasteiger partial charge in [-0.1, -0.05) is 13.0 Å². The second-order valence-electron chi connectivity index (χ2n) is 5.07. The highest BCUT2D eigenvalue weighted by Gasteiger charge is 2.14. The molecule has 112 valence electrons. The molecule has 0 fully saturated rings. The van der Waals surface area contributed by atoms with Crippen LogP contribution in [-0.4, -0.2) is 6.54 Å². The van der Waals surface area contributed by atoms with Crippen molar-refractivity contribution in [3.8, 4) is 11.1 Å². The molecule has 0 saturated carbocycles. The van der Waals surface area contributed by atoms with Crippen molar-refractivity contribution >= 4 is 0 Å². The molecule has 4 heteroatoms. The first-order valence-electron chi connectivity index (χ1n) is 7.00. The van der Waals surface area contributed by atoms with Crippen molar-refractivity contribution in [1.82, 2.24) is 5.32 Å². The second-order valence-corrected chi connectivity index (χ2v) is 5.07. The van der Waals surface area contributed by atoms with E-state index in [0.717, 1.165) is 24.6 Å². The second kappa shape index (κ2) is 6.76. The van der Waals surface area contributed by atoms with E-state index in [0.29, 0.717) is 11.1 Å². The Morgan fingerprint density at radius 1 is 0.952 bits per heavy atom. The maximum atomic E-state index is 13.5. The van der Waals surface area contributed by atoms with Crippen molar-refractivity contribution in [2.24, 2.45) is 0 Å². The average Bonchev–Trinajstić information content (AvgIpc) is 2.43. The smallest absolute Gasteiger partial charge is 0.126 e. The molecule has 2 aromatic carbocycles. The van der Waals surface area contributed by atoms with Crippen molar-refractivity contribution < 1.29 is 13.2 Å². The fourth-order valence-electron chi connectivity index (χ4n) is 2.34. The van der Waals surface area contributed by atoms with Gasteiger partial charge in [0, 0.05) is 12.1 Å². The molecule has 1 nitrogen and oxygen atoms in total. The zero-order valence-electron chi connectivity index (χ0n) is 12.1. The molecule has 0 spiro atoms. The Hall–Kier alpha value is -1.81. The summed E-state index contributed by atoms with van der Waals surface area (Å²) in [4.78, 5) is 0. The van der Waals surface area contributed by atoms with Gasteiger partial charge < -0.3 is 5.32 Å². The van der Waals surface area contributed by atoms with Crippen LogP contribution in [0.25, 0.3) is 11.1 Å². The lowest BCUT2D eigenvalue weighted by Crippen LogP contribution is -2.20. The Balaban J connectivity index is 2.48. The van der Waals surface area contributed by atoms with Gasteiger partial charge in [0.15, 0.2) is 0 Å². The minimum atomic E-state index is -0.672. The van der Waals surface area contributed by atoms with Crippen molar-refractivity contribution in [2.75, 3.05) is 6.54 Å². The lowest BCUT2D eigenvalue weighted by Gasteiger charge is -2.18. The molecule has 1 atom stereocenters. The Morgan fingerprint density at radius 2 is 1.62 bits per heavy atom. The van der Waals surface area contributed by atoms with E-state index in [9.17, 15) is 13.2 Å². The summed E-state index contributed by atoms with van der Waals surface area (Å²) in [7, 11) is 0. The SMILES string of the molecule is CCCNC(C)c1ccc(F)cc1-c1cc(F)cc(F)c1. The number of halogens is 3. The van der Waals surface area contributed by atoms with E-state index in [-0.39, 0.29) is 6.04 Å². The molecule has 0 bridgehead atoms. The van der Waals surface area contributed by atoms with E-state index >= 15 is 0 Å². The summed E-state index contributed by atoms with van der Waals surface area (Å²) in [6, 6.07) is 7.53. The number of nitrogens with one attached hydrogen (secondary N) is 1. The van der Waals surface area contributed by atoms with Crippen molar-refractivity contribution in [1.29, 1.82) is 0 Å². The molecule has 21 heavy (non-hydrogen) atoms. The van der Waals surface area contributed by atoms with E-state index in [1.54, 1.807) is 6.07 Å². The Kier molecular flexibility index (Phi) is 5.02. The standard InChI is InChI=1S/C17H18F3N/c1-3-6-21-11(2)16-5-4-13(18)10-17(16)12-7-14(19)9-15(20)8-12/h4-5,7-11,21H,3,6H2,1-2H3. The van der Waals surface area contributed by atoms with Gasteiger partial charge in [-0.15, -0.1) is 0 Å². The van der Waals surface area contributed by atoms with Crippen LogP contribution in [0.3, 0.4) is 0 Å². The molecule has 0 radical (unpaired) electrons. The maximum absolute atomic E-state index is 13.5. The molecule has 1 unspecified atom stereocenters. The Bertz CT molecular complexity index is 605. The van der Waals surface area contributed by atoms with Gasteiger partial charge in [-0.05, 0) is 60.8 Å². The molecular weight excluding hydrogens is 275 g/mol. The summed E-state index contributed by atoms with van der Waals surface area (Å²) in [5.74, 6) is -1.77. The van der Waals surface area contributed by atoms with Gasteiger partial charge in [0.1, 0.15) is 17.5 Å². The van der Waals surface area contributed by atoms with Crippen molar-refractivity contribution in [3.05, 3.63) is 59.4 Å². The zero-order valence-corrected chi connectivity index (χ0v) is 12.1. The van der Waals surface area contributed by atoms with E-state index in [1.807, 2.05) is 13.8 Å². The highest BCUT2D eigenvalue weighted by Crippen LogP contribution is 2.30. The molecule has 0 aliphatic rings. The molecule has 1 N–H and O–H groups in total. The van der Waals surface area contributed by atoms with E-state index < -0.39 is 17.5 Å². The number of rotatable bonds is 5. The molecular formula is C17H18F3N. The first kappa shape index (κ1) is 15.6. The summed E-state index contributed by atoms with van der Waals surface area (Å²) < 4.78 is 40.3. The van der Waals surface area contributed by atoms with Gasteiger partial charge in [-0.25, -0.2) is 13.2 Å². The zero-order chi connectivity index (χ0) is 15.4. The normalized spacial score (nSPS) is 12.4. The number of hydrogen-bond acceptors (Lipinski definition) is 1. The first-order valence-corrected chi connectivity index (χ1v) is 7.00. The highest BCUT2D eigenvalue weighted by molar-refractivity contribution is 5.68. The molecule has 0 saturated heterocycles. The van der Waals surface area contributed by atoms with Crippen LogP contribution < -0.4 is 5.32 Å². The molecule has 0 aliphatic heterocycles. The predicted octanol–water partition coefficient (Wildman–Crippen LogP) is 4.83. The third kappa shape index (κ3) is 3.85. The van der Waals surface area contributed by atoms with Gasteiger partial charge in [0.2, 0.25) is 0 Å². The fourth-order valence-corrected chi connectivity index (χ4v) is 2.34. The number of benzene rings is 2. The highest BCUT2D eigenvalue weighted by atomic mass is 19.1. The average molecular weight is 293 g/mol. The topological polar surface area (TPSA) is 12.0 Å². The quantitative estimate of drug-likeness (QED) is 0.832. The summed E-state index contributed by atoms with van der Waals surface area (Å²) in [5.41, 5.74) is 1.66. The van der Waals surface area contributed by atoms with Gasteiger partial charge in [0.25, 0.3) is 0 Å². The Labute approximate surface area is 122 Å². The minimum Gasteiger partial charge on any atom is -0.310 e. The third-order valence-electron chi connectivity index (χ3n) is 3.36. The van der Waals surface area contributed by atoms with Crippen LogP contribution in [0.15, 0.2) is 36.4 Å². The first-order chi connectivity index (χ1) is 10.0. The lowest BCUT2D eigenvalue weighted by atomic mass is 9.95. The molecule has 0 amide bonds. The monoisotopic (exact) mass is 293 g/mol. The summed E-state index contributed by atoms with van der Waals surface area (Å²) >= 11 is 0. The molecule has 2 rings (SSSR count). The lowest BCUT2D eigenvalue weighted by molar-refractivity contribution is 0.568. The van der Waals surface area contributed by atoms with Crippen molar-refractivity contribution in [3.63, 3.8) is 0 Å². The van der Waals surface area contributed by atoms with Crippen LogP contribution in [0.5, 0.6) is 0 Å².